The highest BCUT2D eigenvalue weighted by atomic mass is 35.5. The number of hydrogen-bond donors (Lipinski definition) is 0. The van der Waals surface area contributed by atoms with Crippen molar-refractivity contribution in [3.05, 3.63) is 69.1 Å². The predicted molar refractivity (Wildman–Crippen MR) is 111 cm³/mol. The Labute approximate surface area is 169 Å². The normalized spacial score (nSPS) is 11.0. The lowest BCUT2D eigenvalue weighted by molar-refractivity contribution is 0.0521. The van der Waals surface area contributed by atoms with E-state index >= 15 is 0 Å². The molecule has 0 aliphatic rings. The first-order chi connectivity index (χ1) is 13.2. The molecule has 27 heavy (non-hydrogen) atoms. The summed E-state index contributed by atoms with van der Waals surface area (Å²) in [5.41, 5.74) is 3.34. The van der Waals surface area contributed by atoms with Gasteiger partial charge in [-0.25, -0.2) is 4.79 Å². The van der Waals surface area contributed by atoms with Crippen molar-refractivity contribution < 1.29 is 9.53 Å². The van der Waals surface area contributed by atoms with Crippen LogP contribution in [0.5, 0.6) is 0 Å². The molecule has 0 aliphatic carbocycles. The number of nitrogens with zero attached hydrogens (tertiary/aromatic N) is 2. The second kappa shape index (κ2) is 7.76. The van der Waals surface area contributed by atoms with Crippen LogP contribution in [0.3, 0.4) is 0 Å². The van der Waals surface area contributed by atoms with E-state index in [0.717, 1.165) is 26.2 Å². The summed E-state index contributed by atoms with van der Waals surface area (Å²) in [4.78, 5) is 13.4. The van der Waals surface area contributed by atoms with Crippen LogP contribution in [0.15, 0.2) is 47.2 Å². The number of rotatable bonds is 5. The highest BCUT2D eigenvalue weighted by molar-refractivity contribution is 7.22. The van der Waals surface area contributed by atoms with Crippen molar-refractivity contribution in [2.75, 3.05) is 6.61 Å². The van der Waals surface area contributed by atoms with Gasteiger partial charge in [-0.3, -0.25) is 0 Å². The molecular weight excluding hydrogens is 400 g/mol. The number of ether oxygens (including phenoxy) is 1. The number of thiophene rings is 2. The number of aromatic nitrogens is 2. The molecule has 0 radical (unpaired) electrons. The maximum Gasteiger partial charge on any atom is 0.360 e. The van der Waals surface area contributed by atoms with E-state index in [1.165, 1.54) is 16.9 Å². The van der Waals surface area contributed by atoms with Gasteiger partial charge in [-0.05, 0) is 53.1 Å². The van der Waals surface area contributed by atoms with Gasteiger partial charge in [-0.1, -0.05) is 23.7 Å². The summed E-state index contributed by atoms with van der Waals surface area (Å²) in [5, 5.41) is 14.3. The number of benzene rings is 1. The predicted octanol–water partition coefficient (Wildman–Crippen LogP) is 5.84. The van der Waals surface area contributed by atoms with Crippen LogP contribution in [-0.4, -0.2) is 22.8 Å². The van der Waals surface area contributed by atoms with E-state index in [2.05, 4.69) is 27.7 Å². The molecule has 136 valence electrons. The van der Waals surface area contributed by atoms with E-state index in [4.69, 9.17) is 16.3 Å². The summed E-state index contributed by atoms with van der Waals surface area (Å²) in [6.45, 7) is 2.08. The van der Waals surface area contributed by atoms with Crippen LogP contribution < -0.4 is 0 Å². The van der Waals surface area contributed by atoms with Gasteiger partial charge in [0.25, 0.3) is 0 Å². The number of carbonyl (C=O) groups excluding carboxylic acids is 1. The largest absolute Gasteiger partial charge is 0.461 e. The van der Waals surface area contributed by atoms with Crippen molar-refractivity contribution in [2.24, 2.45) is 0 Å². The zero-order chi connectivity index (χ0) is 18.8. The molecule has 0 amide bonds. The Bertz CT molecular complexity index is 1090. The van der Waals surface area contributed by atoms with Crippen LogP contribution in [0.2, 0.25) is 5.02 Å². The fourth-order valence-electron chi connectivity index (χ4n) is 2.80. The molecule has 0 saturated carbocycles. The molecule has 0 saturated heterocycles. The summed E-state index contributed by atoms with van der Waals surface area (Å²) < 4.78 is 5.97. The lowest BCUT2D eigenvalue weighted by Gasteiger charge is -2.04. The maximum absolute atomic E-state index is 12.3. The molecule has 0 bridgehead atoms. The average Bonchev–Trinajstić information content (AvgIpc) is 3.32. The molecule has 7 heteroatoms. The number of hydrogen-bond acceptors (Lipinski definition) is 6. The van der Waals surface area contributed by atoms with Crippen LogP contribution in [0, 0.1) is 0 Å². The molecule has 0 unspecified atom stereocenters. The average molecular weight is 415 g/mol. The van der Waals surface area contributed by atoms with Gasteiger partial charge in [0.05, 0.1) is 17.0 Å². The summed E-state index contributed by atoms with van der Waals surface area (Å²) in [7, 11) is 0. The molecular formula is C20H15ClN2O2S2. The third kappa shape index (κ3) is 3.74. The van der Waals surface area contributed by atoms with Gasteiger partial charge in [0, 0.05) is 21.7 Å². The lowest BCUT2D eigenvalue weighted by atomic mass is 10.1. The van der Waals surface area contributed by atoms with Crippen molar-refractivity contribution in [2.45, 2.75) is 13.3 Å². The monoisotopic (exact) mass is 414 g/mol. The molecule has 3 aromatic heterocycles. The van der Waals surface area contributed by atoms with E-state index in [1.54, 1.807) is 18.3 Å². The van der Waals surface area contributed by atoms with Gasteiger partial charge in [0.1, 0.15) is 0 Å². The Morgan fingerprint density at radius 2 is 2.00 bits per heavy atom. The first-order valence-electron chi connectivity index (χ1n) is 8.39. The molecule has 3 heterocycles. The van der Waals surface area contributed by atoms with Gasteiger partial charge < -0.3 is 4.74 Å². The lowest BCUT2D eigenvalue weighted by Crippen LogP contribution is -2.09. The third-order valence-corrected chi connectivity index (χ3v) is 6.25. The molecule has 0 spiro atoms. The molecule has 4 nitrogen and oxygen atoms in total. The zero-order valence-corrected chi connectivity index (χ0v) is 16.8. The molecule has 0 aliphatic heterocycles. The van der Waals surface area contributed by atoms with Crippen LogP contribution in [-0.2, 0) is 11.2 Å². The number of halogens is 1. The first-order valence-corrected chi connectivity index (χ1v) is 10.5. The number of fused-ring (bicyclic) bond motifs is 1. The van der Waals surface area contributed by atoms with Crippen molar-refractivity contribution in [3.63, 3.8) is 0 Å². The first kappa shape index (κ1) is 18.1. The Morgan fingerprint density at radius 3 is 2.70 bits per heavy atom. The SMILES string of the molecule is CCOC(=O)c1nnc(Cc2ccsc2)c2cc(-c3ccc(Cl)cc3)sc12. The number of carbonyl (C=O) groups is 1. The van der Waals surface area contributed by atoms with Crippen LogP contribution in [0.25, 0.3) is 20.5 Å². The minimum atomic E-state index is -0.443. The number of esters is 1. The summed E-state index contributed by atoms with van der Waals surface area (Å²) >= 11 is 9.18. The summed E-state index contributed by atoms with van der Waals surface area (Å²) in [6.07, 6.45) is 0.674. The topological polar surface area (TPSA) is 52.1 Å². The second-order valence-corrected chi connectivity index (χ2v) is 8.15. The molecule has 1 aromatic carbocycles. The summed E-state index contributed by atoms with van der Waals surface area (Å²) in [5.74, 6) is -0.443. The fourth-order valence-corrected chi connectivity index (χ4v) is 4.75. The molecule has 4 rings (SSSR count). The smallest absolute Gasteiger partial charge is 0.360 e. The Hall–Kier alpha value is -2.28. The van der Waals surface area contributed by atoms with Gasteiger partial charge in [-0.15, -0.1) is 16.4 Å². The Morgan fingerprint density at radius 1 is 1.19 bits per heavy atom. The zero-order valence-electron chi connectivity index (χ0n) is 14.4. The molecule has 4 aromatic rings. The highest BCUT2D eigenvalue weighted by Gasteiger charge is 2.20. The van der Waals surface area contributed by atoms with Gasteiger partial charge in [0.2, 0.25) is 0 Å². The van der Waals surface area contributed by atoms with Crippen LogP contribution >= 0.6 is 34.3 Å². The molecule has 0 N–H and O–H groups in total. The minimum Gasteiger partial charge on any atom is -0.461 e. The van der Waals surface area contributed by atoms with Crippen LogP contribution in [0.4, 0.5) is 0 Å². The van der Waals surface area contributed by atoms with E-state index in [1.807, 2.05) is 29.6 Å². The highest BCUT2D eigenvalue weighted by Crippen LogP contribution is 2.37. The third-order valence-electron chi connectivity index (χ3n) is 4.08. The molecule has 0 atom stereocenters. The Balaban J connectivity index is 1.85. The van der Waals surface area contributed by atoms with Gasteiger partial charge >= 0.3 is 5.97 Å². The standard InChI is InChI=1S/C20H15ClN2O2S2/c1-2-25-20(24)18-19-15(16(22-23-18)9-12-7-8-26-11-12)10-17(27-19)13-3-5-14(21)6-4-13/h3-8,10-11H,2,9H2,1H3. The quantitative estimate of drug-likeness (QED) is 0.385. The van der Waals surface area contributed by atoms with Crippen molar-refractivity contribution in [3.8, 4) is 10.4 Å². The maximum atomic E-state index is 12.3. The fraction of sp³-hybridized carbons (Fsp3) is 0.150. The van der Waals surface area contributed by atoms with E-state index in [9.17, 15) is 4.79 Å². The second-order valence-electron chi connectivity index (χ2n) is 5.88. The van der Waals surface area contributed by atoms with Gasteiger partial charge in [0.15, 0.2) is 5.69 Å². The van der Waals surface area contributed by atoms with Crippen molar-refractivity contribution >= 4 is 50.3 Å². The Kier molecular flexibility index (Phi) is 5.20. The van der Waals surface area contributed by atoms with E-state index < -0.39 is 5.97 Å². The van der Waals surface area contributed by atoms with Crippen molar-refractivity contribution in [1.29, 1.82) is 0 Å². The van der Waals surface area contributed by atoms with Crippen molar-refractivity contribution in [1.82, 2.24) is 10.2 Å². The van der Waals surface area contributed by atoms with E-state index in [0.29, 0.717) is 18.1 Å². The minimum absolute atomic E-state index is 0.270. The summed E-state index contributed by atoms with van der Waals surface area (Å²) in [6, 6.07) is 11.8. The van der Waals surface area contributed by atoms with E-state index in [-0.39, 0.29) is 5.69 Å². The molecule has 0 fully saturated rings. The van der Waals surface area contributed by atoms with Crippen LogP contribution in [0.1, 0.15) is 28.7 Å². The van der Waals surface area contributed by atoms with Gasteiger partial charge in [-0.2, -0.15) is 16.4 Å².